The number of benzene rings is 1. The molecule has 104 valence electrons. The lowest BCUT2D eigenvalue weighted by Crippen LogP contribution is -2.47. The van der Waals surface area contributed by atoms with Crippen molar-refractivity contribution >= 4 is 11.6 Å². The maximum atomic E-state index is 12.7. The highest BCUT2D eigenvalue weighted by atomic mass is 16.5. The van der Waals surface area contributed by atoms with Crippen LogP contribution in [0.4, 0.5) is 5.69 Å². The molecule has 1 fully saturated rings. The standard InChI is InChI=1S/C15H22N2O2/c1-10-5-4-6-11(2)17(10)15(18)13-9-12(16)7-8-14(13)19-3/h7-11H,4-6,16H2,1-3H3/t10-,11+. The Hall–Kier alpha value is -1.71. The summed E-state index contributed by atoms with van der Waals surface area (Å²) < 4.78 is 5.28. The van der Waals surface area contributed by atoms with Gasteiger partial charge in [-0.15, -0.1) is 0 Å². The van der Waals surface area contributed by atoms with Crippen molar-refractivity contribution in [3.05, 3.63) is 23.8 Å². The van der Waals surface area contributed by atoms with Crippen LogP contribution >= 0.6 is 0 Å². The molecule has 1 saturated heterocycles. The summed E-state index contributed by atoms with van der Waals surface area (Å²) in [5.74, 6) is 0.605. The monoisotopic (exact) mass is 262 g/mol. The number of piperidine rings is 1. The van der Waals surface area contributed by atoms with Gasteiger partial charge in [-0.3, -0.25) is 4.79 Å². The Balaban J connectivity index is 2.35. The minimum atomic E-state index is 0.0175. The number of likely N-dealkylation sites (tertiary alicyclic amines) is 1. The molecule has 0 aromatic heterocycles. The first kappa shape index (κ1) is 13.7. The van der Waals surface area contributed by atoms with Crippen LogP contribution in [-0.2, 0) is 0 Å². The van der Waals surface area contributed by atoms with Gasteiger partial charge in [-0.05, 0) is 51.3 Å². The van der Waals surface area contributed by atoms with Crippen LogP contribution in [0.5, 0.6) is 5.75 Å². The van der Waals surface area contributed by atoms with E-state index in [4.69, 9.17) is 10.5 Å². The van der Waals surface area contributed by atoms with Gasteiger partial charge in [0.1, 0.15) is 5.75 Å². The highest BCUT2D eigenvalue weighted by Crippen LogP contribution is 2.28. The number of rotatable bonds is 2. The Bertz CT molecular complexity index is 463. The second kappa shape index (κ2) is 5.51. The van der Waals surface area contributed by atoms with E-state index in [0.29, 0.717) is 17.0 Å². The van der Waals surface area contributed by atoms with Gasteiger partial charge in [-0.1, -0.05) is 0 Å². The summed E-state index contributed by atoms with van der Waals surface area (Å²) in [6.45, 7) is 4.21. The fourth-order valence-corrected chi connectivity index (χ4v) is 2.85. The molecular weight excluding hydrogens is 240 g/mol. The first-order valence-electron chi connectivity index (χ1n) is 6.80. The van der Waals surface area contributed by atoms with Gasteiger partial charge >= 0.3 is 0 Å². The highest BCUT2D eigenvalue weighted by molar-refractivity contribution is 5.98. The molecule has 0 unspecified atom stereocenters. The second-order valence-corrected chi connectivity index (χ2v) is 5.30. The number of carbonyl (C=O) groups is 1. The molecule has 2 N–H and O–H groups in total. The van der Waals surface area contributed by atoms with Crippen molar-refractivity contribution < 1.29 is 9.53 Å². The predicted octanol–water partition coefficient (Wildman–Crippen LogP) is 2.68. The molecule has 0 radical (unpaired) electrons. The molecule has 1 aromatic carbocycles. The number of ether oxygens (including phenoxy) is 1. The Kier molecular flexibility index (Phi) is 3.98. The molecular formula is C15H22N2O2. The van der Waals surface area contributed by atoms with Crippen molar-refractivity contribution in [3.63, 3.8) is 0 Å². The van der Waals surface area contributed by atoms with Crippen molar-refractivity contribution in [2.24, 2.45) is 0 Å². The summed E-state index contributed by atoms with van der Waals surface area (Å²) in [5.41, 5.74) is 6.94. The number of nitrogens with zero attached hydrogens (tertiary/aromatic N) is 1. The van der Waals surface area contributed by atoms with Gasteiger partial charge in [-0.2, -0.15) is 0 Å². The van der Waals surface area contributed by atoms with Crippen molar-refractivity contribution in [3.8, 4) is 5.75 Å². The van der Waals surface area contributed by atoms with Crippen molar-refractivity contribution in [2.45, 2.75) is 45.2 Å². The van der Waals surface area contributed by atoms with Crippen LogP contribution in [0, 0.1) is 0 Å². The van der Waals surface area contributed by atoms with Gasteiger partial charge < -0.3 is 15.4 Å². The Morgan fingerprint density at radius 2 is 1.95 bits per heavy atom. The topological polar surface area (TPSA) is 55.6 Å². The summed E-state index contributed by atoms with van der Waals surface area (Å²) in [5, 5.41) is 0. The number of nitrogens with two attached hydrogens (primary N) is 1. The molecule has 4 nitrogen and oxygen atoms in total. The Morgan fingerprint density at radius 1 is 1.32 bits per heavy atom. The zero-order valence-electron chi connectivity index (χ0n) is 11.8. The number of hydrogen-bond donors (Lipinski definition) is 1. The van der Waals surface area contributed by atoms with Gasteiger partial charge in [-0.25, -0.2) is 0 Å². The molecule has 4 heteroatoms. The van der Waals surface area contributed by atoms with E-state index >= 15 is 0 Å². The first-order chi connectivity index (χ1) is 9.04. The van der Waals surface area contributed by atoms with E-state index in [2.05, 4.69) is 13.8 Å². The van der Waals surface area contributed by atoms with E-state index in [1.807, 2.05) is 4.90 Å². The lowest BCUT2D eigenvalue weighted by Gasteiger charge is -2.39. The van der Waals surface area contributed by atoms with E-state index in [0.717, 1.165) is 12.8 Å². The van der Waals surface area contributed by atoms with E-state index in [1.165, 1.54) is 6.42 Å². The van der Waals surface area contributed by atoms with Gasteiger partial charge in [0.05, 0.1) is 12.7 Å². The Morgan fingerprint density at radius 3 is 2.53 bits per heavy atom. The summed E-state index contributed by atoms with van der Waals surface area (Å²) >= 11 is 0. The molecule has 1 aromatic rings. The number of hydrogen-bond acceptors (Lipinski definition) is 3. The predicted molar refractivity (Wildman–Crippen MR) is 76.4 cm³/mol. The number of nitrogen functional groups attached to an aromatic ring is 1. The average molecular weight is 262 g/mol. The molecule has 19 heavy (non-hydrogen) atoms. The molecule has 0 spiro atoms. The summed E-state index contributed by atoms with van der Waals surface area (Å²) in [6.07, 6.45) is 3.29. The van der Waals surface area contributed by atoms with Crippen molar-refractivity contribution in [2.75, 3.05) is 12.8 Å². The molecule has 1 aliphatic rings. The highest BCUT2D eigenvalue weighted by Gasteiger charge is 2.31. The number of anilines is 1. The molecule has 0 aliphatic carbocycles. The third-order valence-corrected chi connectivity index (χ3v) is 3.88. The van der Waals surface area contributed by atoms with Crippen molar-refractivity contribution in [1.82, 2.24) is 4.90 Å². The molecule has 0 saturated carbocycles. The number of amides is 1. The molecule has 1 heterocycles. The van der Waals surface area contributed by atoms with E-state index in [-0.39, 0.29) is 18.0 Å². The number of methoxy groups -OCH3 is 1. The van der Waals surface area contributed by atoms with Crippen LogP contribution in [0.3, 0.4) is 0 Å². The lowest BCUT2D eigenvalue weighted by molar-refractivity contribution is 0.0507. The maximum Gasteiger partial charge on any atom is 0.258 e. The summed E-state index contributed by atoms with van der Waals surface area (Å²) in [7, 11) is 1.57. The van der Waals surface area contributed by atoms with Crippen LogP contribution in [0.15, 0.2) is 18.2 Å². The van der Waals surface area contributed by atoms with E-state index in [1.54, 1.807) is 25.3 Å². The fraction of sp³-hybridized carbons (Fsp3) is 0.533. The lowest BCUT2D eigenvalue weighted by atomic mass is 9.96. The normalized spacial score (nSPS) is 23.2. The Labute approximate surface area is 114 Å². The van der Waals surface area contributed by atoms with Crippen LogP contribution in [0.2, 0.25) is 0 Å². The molecule has 2 rings (SSSR count). The number of carbonyl (C=O) groups excluding carboxylic acids is 1. The minimum Gasteiger partial charge on any atom is -0.496 e. The SMILES string of the molecule is COc1ccc(N)cc1C(=O)N1[C@H](C)CCC[C@@H]1C. The van der Waals surface area contributed by atoms with Gasteiger partial charge in [0.2, 0.25) is 0 Å². The summed E-state index contributed by atoms with van der Waals surface area (Å²) in [6, 6.07) is 5.74. The van der Waals surface area contributed by atoms with Gasteiger partial charge in [0, 0.05) is 17.8 Å². The van der Waals surface area contributed by atoms with Gasteiger partial charge in [0.15, 0.2) is 0 Å². The van der Waals surface area contributed by atoms with Crippen LogP contribution in [0.25, 0.3) is 0 Å². The fourth-order valence-electron chi connectivity index (χ4n) is 2.85. The quantitative estimate of drug-likeness (QED) is 0.834. The van der Waals surface area contributed by atoms with Crippen LogP contribution in [0.1, 0.15) is 43.5 Å². The van der Waals surface area contributed by atoms with Crippen LogP contribution < -0.4 is 10.5 Å². The minimum absolute atomic E-state index is 0.0175. The molecule has 1 aliphatic heterocycles. The van der Waals surface area contributed by atoms with Gasteiger partial charge in [0.25, 0.3) is 5.91 Å². The molecule has 1 amide bonds. The first-order valence-corrected chi connectivity index (χ1v) is 6.80. The largest absolute Gasteiger partial charge is 0.496 e. The zero-order chi connectivity index (χ0) is 14.0. The van der Waals surface area contributed by atoms with E-state index in [9.17, 15) is 4.79 Å². The third-order valence-electron chi connectivity index (χ3n) is 3.88. The summed E-state index contributed by atoms with van der Waals surface area (Å²) in [4.78, 5) is 14.7. The third kappa shape index (κ3) is 2.67. The van der Waals surface area contributed by atoms with Crippen LogP contribution in [-0.4, -0.2) is 30.0 Å². The average Bonchev–Trinajstić information content (AvgIpc) is 2.38. The van der Waals surface area contributed by atoms with E-state index < -0.39 is 0 Å². The molecule has 2 atom stereocenters. The maximum absolute atomic E-state index is 12.7. The van der Waals surface area contributed by atoms with Crippen molar-refractivity contribution in [1.29, 1.82) is 0 Å². The zero-order valence-corrected chi connectivity index (χ0v) is 11.8. The smallest absolute Gasteiger partial charge is 0.258 e. The second-order valence-electron chi connectivity index (χ2n) is 5.30. The molecule has 0 bridgehead atoms.